The Balaban J connectivity index is 3.23. The van der Waals surface area contributed by atoms with Crippen LogP contribution in [0.5, 0.6) is 0 Å². The van der Waals surface area contributed by atoms with Crippen LogP contribution in [0.1, 0.15) is 33.3 Å². The fourth-order valence-corrected chi connectivity index (χ4v) is 1.68. The van der Waals surface area contributed by atoms with Crippen LogP contribution < -0.4 is 0 Å². The van der Waals surface area contributed by atoms with Crippen LogP contribution in [-0.4, -0.2) is 4.98 Å². The maximum atomic E-state index is 13.3. The standard InChI is InChI=1S/C18H22FN/c1-6-15(17-10-18(19)12-20-11-17)9-16(14(4)5)8-7-13(2)3/h6-12,14H,1H2,2-5H3/b15-9+,16-8+. The largest absolute Gasteiger partial charge is 0.261 e. The molecule has 0 atom stereocenters. The lowest BCUT2D eigenvalue weighted by atomic mass is 9.97. The molecule has 2 heteroatoms. The summed E-state index contributed by atoms with van der Waals surface area (Å²) in [5, 5.41) is 0. The van der Waals surface area contributed by atoms with Crippen LogP contribution in [0.2, 0.25) is 0 Å². The third kappa shape index (κ3) is 4.96. The first-order chi connectivity index (χ1) is 9.43. The van der Waals surface area contributed by atoms with E-state index in [9.17, 15) is 4.39 Å². The maximum Gasteiger partial charge on any atom is 0.142 e. The topological polar surface area (TPSA) is 12.9 Å². The van der Waals surface area contributed by atoms with Crippen LogP contribution >= 0.6 is 0 Å². The van der Waals surface area contributed by atoms with Crippen LogP contribution in [0.3, 0.4) is 0 Å². The van der Waals surface area contributed by atoms with Crippen molar-refractivity contribution in [3.8, 4) is 0 Å². The van der Waals surface area contributed by atoms with Gasteiger partial charge in [-0.15, -0.1) is 0 Å². The van der Waals surface area contributed by atoms with Crippen molar-refractivity contribution in [2.45, 2.75) is 27.7 Å². The van der Waals surface area contributed by atoms with Gasteiger partial charge in [0.2, 0.25) is 0 Å². The molecule has 0 aliphatic rings. The van der Waals surface area contributed by atoms with Crippen LogP contribution in [0, 0.1) is 11.7 Å². The number of nitrogens with zero attached hydrogens (tertiary/aromatic N) is 1. The average molecular weight is 271 g/mol. The fraction of sp³-hybridized carbons (Fsp3) is 0.278. The fourth-order valence-electron chi connectivity index (χ4n) is 1.68. The van der Waals surface area contributed by atoms with E-state index in [0.717, 1.165) is 11.1 Å². The summed E-state index contributed by atoms with van der Waals surface area (Å²) in [4.78, 5) is 3.88. The van der Waals surface area contributed by atoms with Gasteiger partial charge in [-0.25, -0.2) is 4.39 Å². The first-order valence-electron chi connectivity index (χ1n) is 6.74. The molecule has 1 nitrogen and oxygen atoms in total. The Bertz CT molecular complexity index is 559. The highest BCUT2D eigenvalue weighted by molar-refractivity contribution is 5.75. The van der Waals surface area contributed by atoms with Gasteiger partial charge in [-0.3, -0.25) is 4.98 Å². The van der Waals surface area contributed by atoms with Crippen molar-refractivity contribution in [1.29, 1.82) is 0 Å². The molecule has 0 spiro atoms. The van der Waals surface area contributed by atoms with E-state index < -0.39 is 0 Å². The molecular weight excluding hydrogens is 249 g/mol. The third-order valence-electron chi connectivity index (χ3n) is 2.86. The molecule has 0 bridgehead atoms. The van der Waals surface area contributed by atoms with Crippen LogP contribution in [-0.2, 0) is 0 Å². The van der Waals surface area contributed by atoms with Crippen molar-refractivity contribution in [2.75, 3.05) is 0 Å². The Kier molecular flexibility index (Phi) is 6.10. The quantitative estimate of drug-likeness (QED) is 0.659. The Labute approximate surface area is 121 Å². The van der Waals surface area contributed by atoms with Crippen molar-refractivity contribution in [3.05, 3.63) is 71.9 Å². The zero-order chi connectivity index (χ0) is 15.1. The highest BCUT2D eigenvalue weighted by atomic mass is 19.1. The lowest BCUT2D eigenvalue weighted by molar-refractivity contribution is 0.621. The molecule has 1 aromatic rings. The van der Waals surface area contributed by atoms with Crippen molar-refractivity contribution in [1.82, 2.24) is 4.98 Å². The second kappa shape index (κ2) is 7.59. The van der Waals surface area contributed by atoms with Crippen LogP contribution in [0.4, 0.5) is 4.39 Å². The molecule has 0 aliphatic carbocycles. The summed E-state index contributed by atoms with van der Waals surface area (Å²) >= 11 is 0. The molecule has 0 amide bonds. The molecular formula is C18H22FN. The van der Waals surface area contributed by atoms with Gasteiger partial charge in [0.05, 0.1) is 6.20 Å². The molecule has 0 saturated carbocycles. The zero-order valence-corrected chi connectivity index (χ0v) is 12.7. The normalized spacial score (nSPS) is 12.5. The number of allylic oxidation sites excluding steroid dienone is 7. The summed E-state index contributed by atoms with van der Waals surface area (Å²) in [6.45, 7) is 12.2. The number of hydrogen-bond donors (Lipinski definition) is 0. The Morgan fingerprint density at radius 3 is 2.45 bits per heavy atom. The van der Waals surface area contributed by atoms with Gasteiger partial charge >= 0.3 is 0 Å². The number of pyridine rings is 1. The summed E-state index contributed by atoms with van der Waals surface area (Å²) in [5.74, 6) is 0.0386. The lowest BCUT2D eigenvalue weighted by Crippen LogP contribution is -1.93. The van der Waals surface area contributed by atoms with E-state index in [4.69, 9.17) is 0 Å². The van der Waals surface area contributed by atoms with E-state index in [1.54, 1.807) is 12.3 Å². The van der Waals surface area contributed by atoms with Gasteiger partial charge < -0.3 is 0 Å². The number of aromatic nitrogens is 1. The van der Waals surface area contributed by atoms with Crippen molar-refractivity contribution in [2.24, 2.45) is 5.92 Å². The average Bonchev–Trinajstić information content (AvgIpc) is 2.38. The Morgan fingerprint density at radius 1 is 1.25 bits per heavy atom. The van der Waals surface area contributed by atoms with Gasteiger partial charge in [0.25, 0.3) is 0 Å². The Hall–Kier alpha value is -1.96. The molecule has 0 fully saturated rings. The molecule has 0 aliphatic heterocycles. The van der Waals surface area contributed by atoms with E-state index >= 15 is 0 Å². The van der Waals surface area contributed by atoms with E-state index in [1.165, 1.54) is 23.4 Å². The number of rotatable bonds is 5. The molecule has 1 aromatic heterocycles. The summed E-state index contributed by atoms with van der Waals surface area (Å²) in [6.07, 6.45) is 10.8. The minimum atomic E-state index is -0.338. The lowest BCUT2D eigenvalue weighted by Gasteiger charge is -2.09. The molecule has 0 N–H and O–H groups in total. The van der Waals surface area contributed by atoms with Gasteiger partial charge in [0.15, 0.2) is 0 Å². The van der Waals surface area contributed by atoms with E-state index in [1.807, 2.05) is 6.08 Å². The Morgan fingerprint density at radius 2 is 1.95 bits per heavy atom. The van der Waals surface area contributed by atoms with E-state index in [2.05, 4.69) is 51.4 Å². The van der Waals surface area contributed by atoms with Crippen LogP contribution in [0.15, 0.2) is 60.5 Å². The van der Waals surface area contributed by atoms with Crippen molar-refractivity contribution < 1.29 is 4.39 Å². The van der Waals surface area contributed by atoms with Crippen LogP contribution in [0.25, 0.3) is 5.57 Å². The highest BCUT2D eigenvalue weighted by Crippen LogP contribution is 2.21. The predicted octanol–water partition coefficient (Wildman–Crippen LogP) is 5.34. The monoisotopic (exact) mass is 271 g/mol. The molecule has 1 rings (SSSR count). The van der Waals surface area contributed by atoms with E-state index in [0.29, 0.717) is 5.92 Å². The van der Waals surface area contributed by atoms with E-state index in [-0.39, 0.29) is 5.82 Å². The highest BCUT2D eigenvalue weighted by Gasteiger charge is 2.04. The first-order valence-corrected chi connectivity index (χ1v) is 6.74. The molecule has 0 unspecified atom stereocenters. The minimum absolute atomic E-state index is 0.338. The molecule has 0 radical (unpaired) electrons. The van der Waals surface area contributed by atoms with Gasteiger partial charge in [-0.2, -0.15) is 0 Å². The molecule has 106 valence electrons. The zero-order valence-electron chi connectivity index (χ0n) is 12.7. The smallest absolute Gasteiger partial charge is 0.142 e. The van der Waals surface area contributed by atoms with Gasteiger partial charge in [-0.1, -0.05) is 50.3 Å². The third-order valence-corrected chi connectivity index (χ3v) is 2.86. The minimum Gasteiger partial charge on any atom is -0.261 e. The first kappa shape index (κ1) is 16.1. The summed E-state index contributed by atoms with van der Waals surface area (Å²) in [6, 6.07) is 1.47. The molecule has 0 saturated heterocycles. The SMILES string of the molecule is C=C/C(=C\C(=C/C=C(C)C)C(C)C)c1cncc(F)c1. The molecule has 20 heavy (non-hydrogen) atoms. The van der Waals surface area contributed by atoms with Crippen molar-refractivity contribution in [3.63, 3.8) is 0 Å². The van der Waals surface area contributed by atoms with Crippen molar-refractivity contribution >= 4 is 5.57 Å². The number of halogens is 1. The summed E-state index contributed by atoms with van der Waals surface area (Å²) in [7, 11) is 0. The van der Waals surface area contributed by atoms with Gasteiger partial charge in [0, 0.05) is 11.8 Å². The summed E-state index contributed by atoms with van der Waals surface area (Å²) < 4.78 is 13.3. The number of hydrogen-bond acceptors (Lipinski definition) is 1. The predicted molar refractivity (Wildman–Crippen MR) is 84.7 cm³/mol. The molecule has 1 heterocycles. The second-order valence-electron chi connectivity index (χ2n) is 5.26. The maximum absolute atomic E-state index is 13.3. The van der Waals surface area contributed by atoms with Gasteiger partial charge in [-0.05, 0) is 37.0 Å². The summed E-state index contributed by atoms with van der Waals surface area (Å²) in [5.41, 5.74) is 4.03. The molecule has 0 aromatic carbocycles. The second-order valence-corrected chi connectivity index (χ2v) is 5.26. The van der Waals surface area contributed by atoms with Gasteiger partial charge in [0.1, 0.15) is 5.82 Å².